The second-order valence-corrected chi connectivity index (χ2v) is 8.54. The molecule has 0 spiro atoms. The van der Waals surface area contributed by atoms with Gasteiger partial charge >= 0.3 is 6.03 Å². The lowest BCUT2D eigenvalue weighted by atomic mass is 10.2. The molecule has 11 heteroatoms. The summed E-state index contributed by atoms with van der Waals surface area (Å²) in [5.41, 5.74) is 10.1. The van der Waals surface area contributed by atoms with E-state index < -0.39 is 0 Å². The monoisotopic (exact) mass is 491 g/mol. The lowest BCUT2D eigenvalue weighted by Crippen LogP contribution is -2.46. The number of benzene rings is 2. The predicted molar refractivity (Wildman–Crippen MR) is 139 cm³/mol. The van der Waals surface area contributed by atoms with Crippen LogP contribution in [0, 0.1) is 0 Å². The van der Waals surface area contributed by atoms with Gasteiger partial charge in [0.2, 0.25) is 5.95 Å². The summed E-state index contributed by atoms with van der Waals surface area (Å²) in [5.74, 6) is 2.08. The largest absolute Gasteiger partial charge is 0.497 e. The number of nitrogens with two attached hydrogens (primary N) is 1. The molecule has 1 saturated heterocycles. The Hall–Kier alpha value is -4.25. The topological polar surface area (TPSA) is 118 Å². The van der Waals surface area contributed by atoms with Crippen molar-refractivity contribution in [1.82, 2.24) is 9.97 Å². The summed E-state index contributed by atoms with van der Waals surface area (Å²) in [5, 5.41) is 3.19. The standard InChI is InChI=1S/C25H29N7O4/c1-30-23-16(15-32(25(30)33)18-10-19(34-2)13-20(11-18)35-3)14-27-24(29-23)28-22-5-4-17(12-21(22)26)31-6-8-36-9-7-31/h4-5,10-14H,6-9,15,26H2,1-3H3,(H,27,28,29). The first kappa shape index (κ1) is 23.5. The van der Waals surface area contributed by atoms with Crippen molar-refractivity contribution in [3.05, 3.63) is 48.2 Å². The maximum absolute atomic E-state index is 13.3. The molecular weight excluding hydrogens is 462 g/mol. The van der Waals surface area contributed by atoms with Crippen molar-refractivity contribution < 1.29 is 19.0 Å². The summed E-state index contributed by atoms with van der Waals surface area (Å²) in [6.45, 7) is 3.39. The van der Waals surface area contributed by atoms with Gasteiger partial charge in [0.1, 0.15) is 17.3 Å². The van der Waals surface area contributed by atoms with Crippen LogP contribution < -0.4 is 35.2 Å². The Kier molecular flexibility index (Phi) is 6.38. The first-order valence-electron chi connectivity index (χ1n) is 11.6. The van der Waals surface area contributed by atoms with Crippen LogP contribution in [0.25, 0.3) is 0 Å². The van der Waals surface area contributed by atoms with E-state index in [4.69, 9.17) is 19.9 Å². The summed E-state index contributed by atoms with van der Waals surface area (Å²) >= 11 is 0. The van der Waals surface area contributed by atoms with Crippen LogP contribution in [-0.4, -0.2) is 63.6 Å². The van der Waals surface area contributed by atoms with Gasteiger partial charge in [-0.25, -0.2) is 9.78 Å². The smallest absolute Gasteiger partial charge is 0.330 e. The molecule has 0 saturated carbocycles. The van der Waals surface area contributed by atoms with Gasteiger partial charge in [0.25, 0.3) is 0 Å². The van der Waals surface area contributed by atoms with E-state index in [-0.39, 0.29) is 6.03 Å². The molecule has 0 aliphatic carbocycles. The molecule has 36 heavy (non-hydrogen) atoms. The molecule has 0 bridgehead atoms. The van der Waals surface area contributed by atoms with Crippen molar-refractivity contribution in [2.45, 2.75) is 6.54 Å². The minimum absolute atomic E-state index is 0.225. The number of morpholine rings is 1. The van der Waals surface area contributed by atoms with Crippen molar-refractivity contribution in [2.24, 2.45) is 0 Å². The normalized spacial score (nSPS) is 15.5. The van der Waals surface area contributed by atoms with E-state index in [1.807, 2.05) is 18.2 Å². The second-order valence-electron chi connectivity index (χ2n) is 8.54. The third-order valence-corrected chi connectivity index (χ3v) is 6.31. The van der Waals surface area contributed by atoms with E-state index in [2.05, 4.69) is 20.2 Å². The Morgan fingerprint density at radius 1 is 1.03 bits per heavy atom. The minimum Gasteiger partial charge on any atom is -0.497 e. The van der Waals surface area contributed by atoms with Gasteiger partial charge in [-0.1, -0.05) is 0 Å². The Balaban J connectivity index is 1.37. The number of nitrogens with zero attached hydrogens (tertiary/aromatic N) is 5. The van der Waals surface area contributed by atoms with Gasteiger partial charge in [-0.2, -0.15) is 4.98 Å². The molecular formula is C25H29N7O4. The summed E-state index contributed by atoms with van der Waals surface area (Å²) < 4.78 is 16.1. The number of hydrogen-bond acceptors (Lipinski definition) is 9. The number of amides is 2. The summed E-state index contributed by atoms with van der Waals surface area (Å²) in [7, 11) is 4.83. The van der Waals surface area contributed by atoms with Crippen molar-refractivity contribution in [3.63, 3.8) is 0 Å². The third-order valence-electron chi connectivity index (χ3n) is 6.31. The lowest BCUT2D eigenvalue weighted by molar-refractivity contribution is 0.122. The van der Waals surface area contributed by atoms with Crippen LogP contribution >= 0.6 is 0 Å². The highest BCUT2D eigenvalue weighted by Gasteiger charge is 2.31. The van der Waals surface area contributed by atoms with E-state index >= 15 is 0 Å². The highest BCUT2D eigenvalue weighted by molar-refractivity contribution is 6.05. The molecule has 5 rings (SSSR count). The zero-order valence-electron chi connectivity index (χ0n) is 20.5. The molecule has 11 nitrogen and oxygen atoms in total. The van der Waals surface area contributed by atoms with Gasteiger partial charge in [0.05, 0.1) is 51.0 Å². The molecule has 1 fully saturated rings. The first-order valence-corrected chi connectivity index (χ1v) is 11.6. The van der Waals surface area contributed by atoms with Gasteiger partial charge in [-0.3, -0.25) is 9.80 Å². The fraction of sp³-hybridized carbons (Fsp3) is 0.320. The van der Waals surface area contributed by atoms with Crippen molar-refractivity contribution in [3.8, 4) is 11.5 Å². The summed E-state index contributed by atoms with van der Waals surface area (Å²) in [4.78, 5) is 27.7. The van der Waals surface area contributed by atoms with E-state index in [1.165, 1.54) is 4.90 Å². The zero-order valence-corrected chi connectivity index (χ0v) is 20.5. The van der Waals surface area contributed by atoms with Gasteiger partial charge in [0, 0.05) is 55.8 Å². The van der Waals surface area contributed by atoms with E-state index in [1.54, 1.807) is 50.6 Å². The third kappa shape index (κ3) is 4.52. The molecule has 188 valence electrons. The van der Waals surface area contributed by atoms with E-state index in [9.17, 15) is 4.79 Å². The van der Waals surface area contributed by atoms with Gasteiger partial charge in [0.15, 0.2) is 0 Å². The number of aromatic nitrogens is 2. The number of fused-ring (bicyclic) bond motifs is 1. The molecule has 2 aromatic carbocycles. The Labute approximate surface area is 209 Å². The molecule has 1 aromatic heterocycles. The molecule has 3 aromatic rings. The highest BCUT2D eigenvalue weighted by atomic mass is 16.5. The zero-order chi connectivity index (χ0) is 25.2. The number of methoxy groups -OCH3 is 2. The number of nitrogens with one attached hydrogen (secondary N) is 1. The lowest BCUT2D eigenvalue weighted by Gasteiger charge is -2.34. The number of rotatable bonds is 6. The van der Waals surface area contributed by atoms with Crippen molar-refractivity contribution in [2.75, 3.05) is 73.3 Å². The molecule has 0 radical (unpaired) electrons. The van der Waals surface area contributed by atoms with Gasteiger partial charge in [-0.05, 0) is 18.2 Å². The number of nitrogen functional groups attached to an aromatic ring is 1. The summed E-state index contributed by atoms with van der Waals surface area (Å²) in [6, 6.07) is 11.0. The average Bonchev–Trinajstić information content (AvgIpc) is 2.92. The van der Waals surface area contributed by atoms with Crippen LogP contribution in [-0.2, 0) is 11.3 Å². The molecule has 2 aliphatic rings. The summed E-state index contributed by atoms with van der Waals surface area (Å²) in [6.07, 6.45) is 1.72. The van der Waals surface area contributed by atoms with Crippen LogP contribution in [0.15, 0.2) is 42.6 Å². The Morgan fingerprint density at radius 2 is 1.75 bits per heavy atom. The number of ether oxygens (including phenoxy) is 3. The quantitative estimate of drug-likeness (QED) is 0.501. The first-order chi connectivity index (χ1) is 17.5. The second kappa shape index (κ2) is 9.78. The molecule has 0 atom stereocenters. The molecule has 3 heterocycles. The average molecular weight is 492 g/mol. The molecule has 2 aliphatic heterocycles. The SMILES string of the molecule is COc1cc(OC)cc(N2Cc3cnc(Nc4ccc(N5CCOCC5)cc4N)nc3N(C)C2=O)c1. The number of hydrogen-bond donors (Lipinski definition) is 2. The fourth-order valence-corrected chi connectivity index (χ4v) is 4.32. The Bertz CT molecular complexity index is 1260. The van der Waals surface area contributed by atoms with Crippen LogP contribution in [0.1, 0.15) is 5.56 Å². The van der Waals surface area contributed by atoms with Crippen LogP contribution in [0.3, 0.4) is 0 Å². The van der Waals surface area contributed by atoms with Crippen LogP contribution in [0.2, 0.25) is 0 Å². The molecule has 0 unspecified atom stereocenters. The van der Waals surface area contributed by atoms with Crippen molar-refractivity contribution in [1.29, 1.82) is 0 Å². The maximum atomic E-state index is 13.3. The van der Waals surface area contributed by atoms with Crippen LogP contribution in [0.4, 0.5) is 39.3 Å². The maximum Gasteiger partial charge on any atom is 0.330 e. The molecule has 2 amide bonds. The molecule has 3 N–H and O–H groups in total. The van der Waals surface area contributed by atoms with Crippen molar-refractivity contribution >= 4 is 40.5 Å². The fourth-order valence-electron chi connectivity index (χ4n) is 4.32. The van der Waals surface area contributed by atoms with E-state index in [0.717, 1.165) is 24.3 Å². The number of carbonyl (C=O) groups excluding carboxylic acids is 1. The predicted octanol–water partition coefficient (Wildman–Crippen LogP) is 3.23. The Morgan fingerprint density at radius 3 is 2.42 bits per heavy atom. The van der Waals surface area contributed by atoms with Crippen LogP contribution in [0.5, 0.6) is 11.5 Å². The van der Waals surface area contributed by atoms with E-state index in [0.29, 0.717) is 60.1 Å². The highest BCUT2D eigenvalue weighted by Crippen LogP contribution is 2.35. The minimum atomic E-state index is -0.225. The number of urea groups is 1. The van der Waals surface area contributed by atoms with Gasteiger partial charge < -0.3 is 30.2 Å². The number of anilines is 6. The number of carbonyl (C=O) groups is 1. The van der Waals surface area contributed by atoms with Gasteiger partial charge in [-0.15, -0.1) is 0 Å².